The first-order chi connectivity index (χ1) is 8.25. The second kappa shape index (κ2) is 5.66. The van der Waals surface area contributed by atoms with Crippen molar-refractivity contribution in [2.45, 2.75) is 6.54 Å². The van der Waals surface area contributed by atoms with E-state index in [2.05, 4.69) is 10.9 Å². The minimum absolute atomic E-state index is 0.286. The highest BCUT2D eigenvalue weighted by molar-refractivity contribution is 6.31. The molecule has 0 saturated heterocycles. The number of hydrazine groups is 1. The molecule has 0 aromatic heterocycles. The Morgan fingerprint density at radius 2 is 1.82 bits per heavy atom. The topological polar surface area (TPSA) is 24.1 Å². The SMILES string of the molecule is Fc1ccc(Cl)c(CNNc2ccccc2)c1. The number of anilines is 1. The smallest absolute Gasteiger partial charge is 0.123 e. The molecule has 2 aromatic rings. The summed E-state index contributed by atoms with van der Waals surface area (Å²) in [6, 6.07) is 14.0. The van der Waals surface area contributed by atoms with Gasteiger partial charge in [-0.15, -0.1) is 0 Å². The Morgan fingerprint density at radius 3 is 2.59 bits per heavy atom. The summed E-state index contributed by atoms with van der Waals surface area (Å²) >= 11 is 5.94. The minimum Gasteiger partial charge on any atom is -0.321 e. The van der Waals surface area contributed by atoms with Crippen molar-refractivity contribution in [3.05, 3.63) is 64.9 Å². The lowest BCUT2D eigenvalue weighted by atomic mass is 10.2. The highest BCUT2D eigenvalue weighted by atomic mass is 35.5. The molecule has 2 nitrogen and oxygen atoms in total. The van der Waals surface area contributed by atoms with Crippen LogP contribution in [0.5, 0.6) is 0 Å². The minimum atomic E-state index is -0.286. The van der Waals surface area contributed by atoms with Crippen LogP contribution in [0.15, 0.2) is 48.5 Å². The Labute approximate surface area is 104 Å². The van der Waals surface area contributed by atoms with Crippen molar-refractivity contribution in [3.8, 4) is 0 Å². The second-order valence-electron chi connectivity index (χ2n) is 3.58. The third kappa shape index (κ3) is 3.44. The molecule has 0 fully saturated rings. The summed E-state index contributed by atoms with van der Waals surface area (Å²) in [5, 5.41) is 0.550. The maximum Gasteiger partial charge on any atom is 0.123 e. The largest absolute Gasteiger partial charge is 0.321 e. The quantitative estimate of drug-likeness (QED) is 0.811. The van der Waals surface area contributed by atoms with Crippen molar-refractivity contribution in [2.24, 2.45) is 0 Å². The van der Waals surface area contributed by atoms with E-state index in [1.165, 1.54) is 12.1 Å². The number of para-hydroxylation sites is 1. The summed E-state index contributed by atoms with van der Waals surface area (Å²) in [7, 11) is 0. The van der Waals surface area contributed by atoms with Crippen LogP contribution in [0.25, 0.3) is 0 Å². The van der Waals surface area contributed by atoms with Crippen LogP contribution in [-0.2, 0) is 6.54 Å². The molecule has 2 rings (SSSR count). The van der Waals surface area contributed by atoms with Gasteiger partial charge in [-0.1, -0.05) is 29.8 Å². The summed E-state index contributed by atoms with van der Waals surface area (Å²) in [5.74, 6) is -0.286. The summed E-state index contributed by atoms with van der Waals surface area (Å²) in [4.78, 5) is 0. The zero-order valence-corrected chi connectivity index (χ0v) is 9.84. The number of halogens is 2. The molecule has 0 aliphatic carbocycles. The van der Waals surface area contributed by atoms with E-state index < -0.39 is 0 Å². The van der Waals surface area contributed by atoms with Gasteiger partial charge in [0.15, 0.2) is 0 Å². The van der Waals surface area contributed by atoms with Crippen LogP contribution >= 0.6 is 11.6 Å². The first-order valence-corrected chi connectivity index (χ1v) is 5.61. The molecule has 0 aliphatic heterocycles. The molecule has 2 aromatic carbocycles. The highest BCUT2D eigenvalue weighted by Gasteiger charge is 2.01. The molecule has 2 N–H and O–H groups in total. The number of benzene rings is 2. The van der Waals surface area contributed by atoms with Gasteiger partial charge in [0.2, 0.25) is 0 Å². The van der Waals surface area contributed by atoms with Gasteiger partial charge >= 0.3 is 0 Å². The fourth-order valence-electron chi connectivity index (χ4n) is 1.44. The van der Waals surface area contributed by atoms with E-state index in [0.717, 1.165) is 11.3 Å². The predicted octanol–water partition coefficient (Wildman–Crippen LogP) is 3.60. The van der Waals surface area contributed by atoms with Crippen LogP contribution in [0, 0.1) is 5.82 Å². The lowest BCUT2D eigenvalue weighted by Crippen LogP contribution is -2.21. The van der Waals surface area contributed by atoms with Gasteiger partial charge in [-0.2, -0.15) is 0 Å². The Hall–Kier alpha value is -1.58. The molecular formula is C13H12ClFN2. The lowest BCUT2D eigenvalue weighted by Gasteiger charge is -2.09. The average Bonchev–Trinajstić information content (AvgIpc) is 2.35. The van der Waals surface area contributed by atoms with Crippen molar-refractivity contribution in [1.29, 1.82) is 0 Å². The summed E-state index contributed by atoms with van der Waals surface area (Å²) < 4.78 is 13.0. The molecule has 17 heavy (non-hydrogen) atoms. The highest BCUT2D eigenvalue weighted by Crippen LogP contribution is 2.16. The van der Waals surface area contributed by atoms with Crippen molar-refractivity contribution < 1.29 is 4.39 Å². The molecule has 0 saturated carbocycles. The van der Waals surface area contributed by atoms with Gasteiger partial charge in [0.25, 0.3) is 0 Å². The zero-order valence-electron chi connectivity index (χ0n) is 9.08. The first kappa shape index (κ1) is 11.9. The van der Waals surface area contributed by atoms with Gasteiger partial charge in [-0.25, -0.2) is 9.82 Å². The number of hydrogen-bond donors (Lipinski definition) is 2. The molecular weight excluding hydrogens is 239 g/mol. The van der Waals surface area contributed by atoms with Gasteiger partial charge in [0, 0.05) is 17.3 Å². The van der Waals surface area contributed by atoms with Crippen molar-refractivity contribution >= 4 is 17.3 Å². The average molecular weight is 251 g/mol. The van der Waals surface area contributed by atoms with Crippen LogP contribution in [0.4, 0.5) is 10.1 Å². The normalized spacial score (nSPS) is 10.2. The van der Waals surface area contributed by atoms with E-state index in [0.29, 0.717) is 11.6 Å². The molecule has 0 heterocycles. The monoisotopic (exact) mass is 250 g/mol. The van der Waals surface area contributed by atoms with E-state index in [9.17, 15) is 4.39 Å². The predicted molar refractivity (Wildman–Crippen MR) is 68.3 cm³/mol. The molecule has 88 valence electrons. The fraction of sp³-hybridized carbons (Fsp3) is 0.0769. The van der Waals surface area contributed by atoms with Gasteiger partial charge < -0.3 is 5.43 Å². The molecule has 0 atom stereocenters. The van der Waals surface area contributed by atoms with Crippen LogP contribution < -0.4 is 10.9 Å². The van der Waals surface area contributed by atoms with Crippen molar-refractivity contribution in [3.63, 3.8) is 0 Å². The maximum atomic E-state index is 13.0. The van der Waals surface area contributed by atoms with Gasteiger partial charge in [-0.05, 0) is 35.9 Å². The van der Waals surface area contributed by atoms with E-state index in [4.69, 9.17) is 11.6 Å². The molecule has 0 spiro atoms. The fourth-order valence-corrected chi connectivity index (χ4v) is 1.63. The van der Waals surface area contributed by atoms with Gasteiger partial charge in [-0.3, -0.25) is 0 Å². The third-order valence-electron chi connectivity index (χ3n) is 2.29. The van der Waals surface area contributed by atoms with E-state index >= 15 is 0 Å². The van der Waals surface area contributed by atoms with Crippen LogP contribution in [0.1, 0.15) is 5.56 Å². The van der Waals surface area contributed by atoms with Crippen molar-refractivity contribution in [2.75, 3.05) is 5.43 Å². The second-order valence-corrected chi connectivity index (χ2v) is 3.99. The van der Waals surface area contributed by atoms with E-state index in [1.54, 1.807) is 6.07 Å². The van der Waals surface area contributed by atoms with Crippen LogP contribution in [0.2, 0.25) is 5.02 Å². The first-order valence-electron chi connectivity index (χ1n) is 5.23. The molecule has 4 heteroatoms. The third-order valence-corrected chi connectivity index (χ3v) is 2.66. The zero-order chi connectivity index (χ0) is 12.1. The van der Waals surface area contributed by atoms with Gasteiger partial charge in [0.05, 0.1) is 0 Å². The van der Waals surface area contributed by atoms with E-state index in [1.807, 2.05) is 30.3 Å². The maximum absolute atomic E-state index is 13.0. The Bertz CT molecular complexity index is 488. The molecule has 0 radical (unpaired) electrons. The molecule has 0 bridgehead atoms. The standard InChI is InChI=1S/C13H12ClFN2/c14-13-7-6-11(15)8-10(13)9-16-17-12-4-2-1-3-5-12/h1-8,16-17H,9H2. The Kier molecular flexibility index (Phi) is 3.96. The van der Waals surface area contributed by atoms with Gasteiger partial charge in [0.1, 0.15) is 5.82 Å². The van der Waals surface area contributed by atoms with E-state index in [-0.39, 0.29) is 5.82 Å². The Balaban J connectivity index is 1.92. The summed E-state index contributed by atoms with van der Waals surface area (Å²) in [5.41, 5.74) is 7.66. The lowest BCUT2D eigenvalue weighted by molar-refractivity contribution is 0.623. The number of rotatable bonds is 4. The molecule has 0 aliphatic rings. The summed E-state index contributed by atoms with van der Waals surface area (Å²) in [6.07, 6.45) is 0. The molecule has 0 unspecified atom stereocenters. The Morgan fingerprint density at radius 1 is 1.06 bits per heavy atom. The van der Waals surface area contributed by atoms with Crippen LogP contribution in [0.3, 0.4) is 0 Å². The number of nitrogens with one attached hydrogen (secondary N) is 2. The van der Waals surface area contributed by atoms with Crippen molar-refractivity contribution in [1.82, 2.24) is 5.43 Å². The summed E-state index contributed by atoms with van der Waals surface area (Å²) in [6.45, 7) is 0.450. The number of hydrogen-bond acceptors (Lipinski definition) is 2. The molecule has 0 amide bonds. The van der Waals surface area contributed by atoms with Crippen LogP contribution in [-0.4, -0.2) is 0 Å².